The first-order valence-electron chi connectivity index (χ1n) is 7.13. The number of nitrogens with one attached hydrogen (secondary N) is 1. The van der Waals surface area contributed by atoms with Gasteiger partial charge in [-0.3, -0.25) is 4.79 Å². The molecule has 0 radical (unpaired) electrons. The number of furan rings is 1. The average Bonchev–Trinajstić information content (AvgIpc) is 2.99. The van der Waals surface area contributed by atoms with Crippen molar-refractivity contribution >= 4 is 17.5 Å². The van der Waals surface area contributed by atoms with Crippen LogP contribution in [0.4, 0.5) is 0 Å². The Bertz CT molecular complexity index is 649. The number of amides is 1. The fraction of sp³-hybridized carbons (Fsp3) is 0.500. The number of aryl methyl sites for hydroxylation is 1. The van der Waals surface area contributed by atoms with Crippen molar-refractivity contribution in [2.75, 3.05) is 0 Å². The predicted molar refractivity (Wildman–Crippen MR) is 77.2 cm³/mol. The third-order valence-electron chi connectivity index (χ3n) is 3.67. The molecule has 7 heteroatoms. The maximum Gasteiger partial charge on any atom is 0.287 e. The van der Waals surface area contributed by atoms with E-state index in [1.165, 1.54) is 6.42 Å². The monoisotopic (exact) mass is 308 g/mol. The van der Waals surface area contributed by atoms with Crippen LogP contribution >= 0.6 is 11.6 Å². The Morgan fingerprint density at radius 3 is 3.00 bits per heavy atom. The lowest BCUT2D eigenvalue weighted by Gasteiger charge is -2.14. The van der Waals surface area contributed by atoms with Crippen LogP contribution in [-0.2, 0) is 13.0 Å². The van der Waals surface area contributed by atoms with E-state index in [1.807, 2.05) is 6.92 Å². The molecule has 1 atom stereocenters. The van der Waals surface area contributed by atoms with Gasteiger partial charge in [0.15, 0.2) is 16.8 Å². The summed E-state index contributed by atoms with van der Waals surface area (Å²) in [6, 6.07) is 2.86. The maximum atomic E-state index is 12.1. The molecular weight excluding hydrogens is 292 g/mol. The Labute approximate surface area is 127 Å². The highest BCUT2D eigenvalue weighted by Crippen LogP contribution is 2.19. The van der Waals surface area contributed by atoms with E-state index in [2.05, 4.69) is 20.1 Å². The van der Waals surface area contributed by atoms with Crippen LogP contribution in [0.25, 0.3) is 0 Å². The largest absolute Gasteiger partial charge is 0.440 e. The van der Waals surface area contributed by atoms with Crippen molar-refractivity contribution in [1.29, 1.82) is 0 Å². The van der Waals surface area contributed by atoms with Crippen LogP contribution < -0.4 is 5.32 Å². The highest BCUT2D eigenvalue weighted by molar-refractivity contribution is 6.29. The van der Waals surface area contributed by atoms with Gasteiger partial charge >= 0.3 is 0 Å². The van der Waals surface area contributed by atoms with E-state index < -0.39 is 0 Å². The maximum absolute atomic E-state index is 12.1. The summed E-state index contributed by atoms with van der Waals surface area (Å²) >= 11 is 5.68. The highest BCUT2D eigenvalue weighted by Gasteiger charge is 2.22. The van der Waals surface area contributed by atoms with E-state index in [0.717, 1.165) is 37.5 Å². The van der Waals surface area contributed by atoms with Crippen molar-refractivity contribution in [2.45, 2.75) is 45.2 Å². The lowest BCUT2D eigenvalue weighted by atomic mass is 10.2. The van der Waals surface area contributed by atoms with E-state index in [4.69, 9.17) is 16.0 Å². The van der Waals surface area contributed by atoms with Gasteiger partial charge in [0.1, 0.15) is 5.82 Å². The summed E-state index contributed by atoms with van der Waals surface area (Å²) in [7, 11) is 0. The summed E-state index contributed by atoms with van der Waals surface area (Å²) in [6.45, 7) is 2.80. The molecule has 0 fully saturated rings. The SMILES string of the molecule is CC(NC(=O)c1ccc(Cl)o1)c1nnc2n1CCCCC2. The van der Waals surface area contributed by atoms with Crippen LogP contribution in [0, 0.1) is 0 Å². The van der Waals surface area contributed by atoms with Gasteiger partial charge in [0.05, 0.1) is 6.04 Å². The third-order valence-corrected chi connectivity index (χ3v) is 3.87. The number of carbonyl (C=O) groups is 1. The highest BCUT2D eigenvalue weighted by atomic mass is 35.5. The minimum absolute atomic E-state index is 0.197. The zero-order chi connectivity index (χ0) is 14.8. The second kappa shape index (κ2) is 5.89. The van der Waals surface area contributed by atoms with Gasteiger partial charge < -0.3 is 14.3 Å². The van der Waals surface area contributed by atoms with Crippen molar-refractivity contribution < 1.29 is 9.21 Å². The number of rotatable bonds is 3. The van der Waals surface area contributed by atoms with Crippen molar-refractivity contribution in [1.82, 2.24) is 20.1 Å². The van der Waals surface area contributed by atoms with Crippen molar-refractivity contribution in [3.63, 3.8) is 0 Å². The summed E-state index contributed by atoms with van der Waals surface area (Å²) in [4.78, 5) is 12.1. The second-order valence-electron chi connectivity index (χ2n) is 5.24. The average molecular weight is 309 g/mol. The minimum atomic E-state index is -0.305. The summed E-state index contributed by atoms with van der Waals surface area (Å²) in [5.41, 5.74) is 0. The van der Waals surface area contributed by atoms with Gasteiger partial charge in [-0.1, -0.05) is 6.42 Å². The summed E-state index contributed by atoms with van der Waals surface area (Å²) < 4.78 is 7.22. The standard InChI is InChI=1S/C14H17ClN4O2/c1-9(16-14(20)10-6-7-11(15)21-10)13-18-17-12-5-3-2-4-8-19(12)13/h6-7,9H,2-5,8H2,1H3,(H,16,20). The molecule has 1 aliphatic rings. The van der Waals surface area contributed by atoms with E-state index in [0.29, 0.717) is 0 Å². The summed E-state index contributed by atoms with van der Waals surface area (Å²) in [5, 5.41) is 11.5. The topological polar surface area (TPSA) is 73.0 Å². The van der Waals surface area contributed by atoms with Crippen molar-refractivity contribution in [3.8, 4) is 0 Å². The number of halogens is 1. The molecule has 1 unspecified atom stereocenters. The van der Waals surface area contributed by atoms with Crippen LogP contribution in [0.1, 0.15) is 54.4 Å². The molecule has 0 aromatic carbocycles. The lowest BCUT2D eigenvalue weighted by Crippen LogP contribution is -2.28. The fourth-order valence-electron chi connectivity index (χ4n) is 2.60. The van der Waals surface area contributed by atoms with Crippen molar-refractivity contribution in [3.05, 3.63) is 34.8 Å². The van der Waals surface area contributed by atoms with E-state index in [-0.39, 0.29) is 22.9 Å². The molecule has 0 spiro atoms. The van der Waals surface area contributed by atoms with Gasteiger partial charge in [-0.2, -0.15) is 0 Å². The molecule has 3 rings (SSSR count). The van der Waals surface area contributed by atoms with Crippen LogP contribution in [-0.4, -0.2) is 20.7 Å². The predicted octanol–water partition coefficient (Wildman–Crippen LogP) is 2.74. The van der Waals surface area contributed by atoms with Crippen LogP contribution in [0.15, 0.2) is 16.5 Å². The number of aromatic nitrogens is 3. The molecular formula is C14H17ClN4O2. The molecule has 2 aromatic rings. The number of hydrogen-bond donors (Lipinski definition) is 1. The summed E-state index contributed by atoms with van der Waals surface area (Å²) in [5.74, 6) is 1.69. The molecule has 0 bridgehead atoms. The molecule has 0 saturated carbocycles. The van der Waals surface area contributed by atoms with Gasteiger partial charge in [-0.15, -0.1) is 10.2 Å². The van der Waals surface area contributed by atoms with E-state index in [9.17, 15) is 4.79 Å². The Kier molecular flexibility index (Phi) is 3.96. The molecule has 1 amide bonds. The van der Waals surface area contributed by atoms with E-state index >= 15 is 0 Å². The lowest BCUT2D eigenvalue weighted by molar-refractivity contribution is 0.0909. The van der Waals surface area contributed by atoms with Gasteiger partial charge in [-0.25, -0.2) is 0 Å². The van der Waals surface area contributed by atoms with Gasteiger partial charge in [-0.05, 0) is 43.5 Å². The number of hydrogen-bond acceptors (Lipinski definition) is 4. The van der Waals surface area contributed by atoms with Crippen LogP contribution in [0.5, 0.6) is 0 Å². The number of fused-ring (bicyclic) bond motifs is 1. The normalized spacial score (nSPS) is 16.1. The molecule has 6 nitrogen and oxygen atoms in total. The van der Waals surface area contributed by atoms with Crippen LogP contribution in [0.3, 0.4) is 0 Å². The first kappa shape index (κ1) is 14.1. The zero-order valence-electron chi connectivity index (χ0n) is 11.8. The minimum Gasteiger partial charge on any atom is -0.440 e. The fourth-order valence-corrected chi connectivity index (χ4v) is 2.74. The Morgan fingerprint density at radius 2 is 2.24 bits per heavy atom. The number of nitrogens with zero attached hydrogens (tertiary/aromatic N) is 3. The first-order valence-corrected chi connectivity index (χ1v) is 7.51. The molecule has 3 heterocycles. The molecule has 21 heavy (non-hydrogen) atoms. The van der Waals surface area contributed by atoms with E-state index in [1.54, 1.807) is 12.1 Å². The molecule has 0 saturated heterocycles. The Hall–Kier alpha value is -1.82. The third kappa shape index (κ3) is 2.95. The zero-order valence-corrected chi connectivity index (χ0v) is 12.6. The van der Waals surface area contributed by atoms with Gasteiger partial charge in [0.2, 0.25) is 0 Å². The molecule has 2 aromatic heterocycles. The quantitative estimate of drug-likeness (QED) is 0.946. The molecule has 112 valence electrons. The number of carbonyl (C=O) groups excluding carboxylic acids is 1. The first-order chi connectivity index (χ1) is 10.1. The molecule has 0 aliphatic carbocycles. The van der Waals surface area contributed by atoms with Crippen LogP contribution in [0.2, 0.25) is 5.22 Å². The molecule has 1 N–H and O–H groups in total. The Morgan fingerprint density at radius 1 is 1.38 bits per heavy atom. The van der Waals surface area contributed by atoms with Gasteiger partial charge in [0.25, 0.3) is 5.91 Å². The smallest absolute Gasteiger partial charge is 0.287 e. The second-order valence-corrected chi connectivity index (χ2v) is 5.61. The molecule has 1 aliphatic heterocycles. The van der Waals surface area contributed by atoms with Crippen molar-refractivity contribution in [2.24, 2.45) is 0 Å². The van der Waals surface area contributed by atoms with Gasteiger partial charge in [0, 0.05) is 13.0 Å². The summed E-state index contributed by atoms with van der Waals surface area (Å²) in [6.07, 6.45) is 4.41. The Balaban J connectivity index is 1.75.